The van der Waals surface area contributed by atoms with E-state index in [0.29, 0.717) is 24.2 Å². The van der Waals surface area contributed by atoms with E-state index < -0.39 is 0 Å². The number of amides is 2. The average Bonchev–Trinajstić information content (AvgIpc) is 3.60. The molecule has 1 aromatic heterocycles. The van der Waals surface area contributed by atoms with Crippen molar-refractivity contribution < 1.29 is 9.59 Å². The van der Waals surface area contributed by atoms with Gasteiger partial charge in [-0.2, -0.15) is 5.10 Å². The predicted molar refractivity (Wildman–Crippen MR) is 154 cm³/mol. The van der Waals surface area contributed by atoms with Crippen LogP contribution in [0.25, 0.3) is 11.3 Å². The highest BCUT2D eigenvalue weighted by Gasteiger charge is 2.27. The van der Waals surface area contributed by atoms with Crippen LogP contribution in [0.4, 0.5) is 0 Å². The summed E-state index contributed by atoms with van der Waals surface area (Å²) in [7, 11) is 0. The second-order valence-corrected chi connectivity index (χ2v) is 12.1. The second-order valence-electron chi connectivity index (χ2n) is 11.3. The molecule has 3 fully saturated rings. The summed E-state index contributed by atoms with van der Waals surface area (Å²) >= 11 is 1.72. The Hall–Kier alpha value is -2.32. The molecule has 2 heterocycles. The van der Waals surface area contributed by atoms with Gasteiger partial charge >= 0.3 is 0 Å². The molecule has 1 aromatic carbocycles. The lowest BCUT2D eigenvalue weighted by Crippen LogP contribution is -2.45. The summed E-state index contributed by atoms with van der Waals surface area (Å²) in [6.07, 6.45) is 14.8. The molecule has 1 aliphatic heterocycles. The van der Waals surface area contributed by atoms with Crippen molar-refractivity contribution in [1.29, 1.82) is 0 Å². The average molecular weight is 538 g/mol. The number of carbonyl (C=O) groups is 2. The van der Waals surface area contributed by atoms with Gasteiger partial charge in [0.05, 0.1) is 11.7 Å². The molecule has 1 unspecified atom stereocenters. The van der Waals surface area contributed by atoms with Crippen molar-refractivity contribution in [2.45, 2.75) is 100 Å². The van der Waals surface area contributed by atoms with E-state index in [2.05, 4.69) is 50.7 Å². The van der Waals surface area contributed by atoms with E-state index in [1.54, 1.807) is 11.8 Å². The zero-order valence-electron chi connectivity index (χ0n) is 22.8. The van der Waals surface area contributed by atoms with E-state index in [1.165, 1.54) is 43.4 Å². The SMILES string of the molecule is CSc1ccccc1-c1cc(C(=O)NC(CCN2CCCCC2)CC(=O)NC2CCC2)nn1C1CCCC1. The molecule has 206 valence electrons. The minimum atomic E-state index is -0.205. The zero-order valence-corrected chi connectivity index (χ0v) is 23.6. The van der Waals surface area contributed by atoms with Gasteiger partial charge in [-0.05, 0) is 82.8 Å². The van der Waals surface area contributed by atoms with Crippen LogP contribution in [0.3, 0.4) is 0 Å². The summed E-state index contributed by atoms with van der Waals surface area (Å²) in [6.45, 7) is 3.13. The molecule has 8 heteroatoms. The number of likely N-dealkylation sites (tertiary alicyclic amines) is 1. The van der Waals surface area contributed by atoms with Crippen LogP contribution in [0, 0.1) is 0 Å². The molecular weight excluding hydrogens is 494 g/mol. The lowest BCUT2D eigenvalue weighted by molar-refractivity contribution is -0.122. The van der Waals surface area contributed by atoms with Gasteiger partial charge in [0.2, 0.25) is 5.91 Å². The predicted octanol–water partition coefficient (Wildman–Crippen LogP) is 5.42. The van der Waals surface area contributed by atoms with Crippen molar-refractivity contribution in [3.8, 4) is 11.3 Å². The van der Waals surface area contributed by atoms with Crippen molar-refractivity contribution in [1.82, 2.24) is 25.3 Å². The molecule has 5 rings (SSSR count). The quantitative estimate of drug-likeness (QED) is 0.374. The number of benzene rings is 1. The fraction of sp³-hybridized carbons (Fsp3) is 0.633. The van der Waals surface area contributed by atoms with Crippen molar-refractivity contribution >= 4 is 23.6 Å². The fourth-order valence-corrected chi connectivity index (χ4v) is 6.67. The highest BCUT2D eigenvalue weighted by atomic mass is 32.2. The number of carbonyl (C=O) groups excluding carboxylic acids is 2. The van der Waals surface area contributed by atoms with Gasteiger partial charge in [-0.25, -0.2) is 0 Å². The molecule has 0 bridgehead atoms. The number of rotatable bonds is 11. The first-order chi connectivity index (χ1) is 18.6. The number of nitrogens with one attached hydrogen (secondary N) is 2. The number of aromatic nitrogens is 2. The molecule has 1 atom stereocenters. The largest absolute Gasteiger partial charge is 0.353 e. The van der Waals surface area contributed by atoms with Gasteiger partial charge in [-0.15, -0.1) is 11.8 Å². The van der Waals surface area contributed by atoms with Crippen LogP contribution in [0.2, 0.25) is 0 Å². The number of hydrogen-bond donors (Lipinski definition) is 2. The first-order valence-electron chi connectivity index (χ1n) is 14.7. The van der Waals surface area contributed by atoms with Crippen LogP contribution in [0.15, 0.2) is 35.2 Å². The molecule has 0 spiro atoms. The van der Waals surface area contributed by atoms with E-state index in [9.17, 15) is 9.59 Å². The Morgan fingerprint density at radius 2 is 1.79 bits per heavy atom. The maximum atomic E-state index is 13.6. The Morgan fingerprint density at radius 3 is 2.50 bits per heavy atom. The molecule has 3 aliphatic rings. The molecule has 2 N–H and O–H groups in total. The summed E-state index contributed by atoms with van der Waals surface area (Å²) in [5.74, 6) is -0.130. The van der Waals surface area contributed by atoms with Crippen LogP contribution in [0.1, 0.15) is 93.6 Å². The standard InChI is InChI=1S/C30H43N5O2S/c1-38-28-15-6-5-14-25(28)27-21-26(33-35(27)24-12-3-4-13-24)30(37)32-23(16-19-34-17-7-2-8-18-34)20-29(36)31-22-10-9-11-22/h5-6,14-15,21-24H,2-4,7-13,16-20H2,1H3,(H,31,36)(H,32,37). The first-order valence-corrected chi connectivity index (χ1v) is 15.9. The molecule has 38 heavy (non-hydrogen) atoms. The fourth-order valence-electron chi connectivity index (χ4n) is 6.06. The van der Waals surface area contributed by atoms with Gasteiger partial charge in [-0.3, -0.25) is 14.3 Å². The van der Waals surface area contributed by atoms with Crippen molar-refractivity contribution in [2.24, 2.45) is 0 Å². The van der Waals surface area contributed by atoms with E-state index in [1.807, 2.05) is 6.07 Å². The van der Waals surface area contributed by atoms with Gasteiger partial charge in [0.15, 0.2) is 5.69 Å². The Labute approximate surface area is 231 Å². The highest BCUT2D eigenvalue weighted by Crippen LogP contribution is 2.36. The third kappa shape index (κ3) is 6.81. The molecule has 2 aromatic rings. The minimum Gasteiger partial charge on any atom is -0.353 e. The van der Waals surface area contributed by atoms with Crippen LogP contribution >= 0.6 is 11.8 Å². The summed E-state index contributed by atoms with van der Waals surface area (Å²) in [5.41, 5.74) is 2.59. The topological polar surface area (TPSA) is 79.3 Å². The van der Waals surface area contributed by atoms with E-state index >= 15 is 0 Å². The Kier molecular flexibility index (Phi) is 9.44. The molecule has 1 saturated heterocycles. The summed E-state index contributed by atoms with van der Waals surface area (Å²) in [4.78, 5) is 30.1. The number of nitrogens with zero attached hydrogens (tertiary/aromatic N) is 3. The lowest BCUT2D eigenvalue weighted by Gasteiger charge is -2.29. The van der Waals surface area contributed by atoms with Crippen LogP contribution in [-0.2, 0) is 4.79 Å². The van der Waals surface area contributed by atoms with E-state index in [-0.39, 0.29) is 17.9 Å². The number of thioether (sulfide) groups is 1. The maximum Gasteiger partial charge on any atom is 0.272 e. The van der Waals surface area contributed by atoms with E-state index in [0.717, 1.165) is 63.0 Å². The van der Waals surface area contributed by atoms with Crippen LogP contribution in [-0.4, -0.2) is 64.5 Å². The lowest BCUT2D eigenvalue weighted by atomic mass is 9.93. The third-order valence-electron chi connectivity index (χ3n) is 8.50. The van der Waals surface area contributed by atoms with Gasteiger partial charge in [-0.1, -0.05) is 37.5 Å². The van der Waals surface area contributed by atoms with Crippen LogP contribution < -0.4 is 10.6 Å². The second kappa shape index (κ2) is 13.2. The zero-order chi connectivity index (χ0) is 26.3. The van der Waals surface area contributed by atoms with Crippen molar-refractivity contribution in [2.75, 3.05) is 25.9 Å². The molecule has 0 radical (unpaired) electrons. The van der Waals surface area contributed by atoms with Gasteiger partial charge in [0.1, 0.15) is 0 Å². The summed E-state index contributed by atoms with van der Waals surface area (Å²) in [5, 5.41) is 11.3. The Balaban J connectivity index is 1.33. The highest BCUT2D eigenvalue weighted by molar-refractivity contribution is 7.98. The Bertz CT molecular complexity index is 1090. The molecule has 2 aliphatic carbocycles. The molecule has 7 nitrogen and oxygen atoms in total. The smallest absolute Gasteiger partial charge is 0.272 e. The van der Waals surface area contributed by atoms with Gasteiger partial charge in [0, 0.05) is 35.5 Å². The monoisotopic (exact) mass is 537 g/mol. The number of piperidine rings is 1. The minimum absolute atomic E-state index is 0.0460. The summed E-state index contributed by atoms with van der Waals surface area (Å²) in [6, 6.07) is 10.7. The molecular formula is C30H43N5O2S. The first kappa shape index (κ1) is 27.3. The molecule has 2 saturated carbocycles. The van der Waals surface area contributed by atoms with Gasteiger partial charge < -0.3 is 15.5 Å². The van der Waals surface area contributed by atoms with Crippen molar-refractivity contribution in [3.63, 3.8) is 0 Å². The van der Waals surface area contributed by atoms with Gasteiger partial charge in [0.25, 0.3) is 5.91 Å². The maximum absolute atomic E-state index is 13.6. The Morgan fingerprint density at radius 1 is 1.03 bits per heavy atom. The van der Waals surface area contributed by atoms with E-state index in [4.69, 9.17) is 5.10 Å². The number of hydrogen-bond acceptors (Lipinski definition) is 5. The van der Waals surface area contributed by atoms with Crippen LogP contribution in [0.5, 0.6) is 0 Å². The normalized spacial score (nSPS) is 19.7. The third-order valence-corrected chi connectivity index (χ3v) is 9.30. The summed E-state index contributed by atoms with van der Waals surface area (Å²) < 4.78 is 2.10. The van der Waals surface area contributed by atoms with Crippen molar-refractivity contribution in [3.05, 3.63) is 36.0 Å². The molecule has 2 amide bonds.